The Morgan fingerprint density at radius 3 is 2.52 bits per heavy atom. The largest absolute Gasteiger partial charge is 0.343 e. The molecule has 1 aromatic heterocycles. The molecule has 33 heavy (non-hydrogen) atoms. The fourth-order valence-corrected chi connectivity index (χ4v) is 6.50. The molecule has 4 nitrogen and oxygen atoms in total. The highest BCUT2D eigenvalue weighted by Gasteiger charge is 2.36. The van der Waals surface area contributed by atoms with E-state index in [-0.39, 0.29) is 11.8 Å². The van der Waals surface area contributed by atoms with Crippen LogP contribution in [0.3, 0.4) is 0 Å². The van der Waals surface area contributed by atoms with Crippen molar-refractivity contribution in [3.05, 3.63) is 61.3 Å². The van der Waals surface area contributed by atoms with Gasteiger partial charge >= 0.3 is 0 Å². The van der Waals surface area contributed by atoms with E-state index in [1.165, 1.54) is 16.7 Å². The lowest BCUT2D eigenvalue weighted by molar-refractivity contribution is -0.133. The normalized spacial score (nSPS) is 18.7. The molecular weight excluding hydrogens is 521 g/mol. The number of pyridine rings is 1. The zero-order valence-electron chi connectivity index (χ0n) is 19.4. The van der Waals surface area contributed by atoms with Crippen LogP contribution in [0.5, 0.6) is 0 Å². The molecule has 1 aromatic carbocycles. The molecule has 1 amide bonds. The molecule has 2 aliphatic rings. The van der Waals surface area contributed by atoms with Crippen LogP contribution in [0.25, 0.3) is 0 Å². The first-order valence-corrected chi connectivity index (χ1v) is 13.6. The second kappa shape index (κ2) is 11.1. The van der Waals surface area contributed by atoms with Gasteiger partial charge in [-0.2, -0.15) is 0 Å². The van der Waals surface area contributed by atoms with Gasteiger partial charge in [0.15, 0.2) is 0 Å². The van der Waals surface area contributed by atoms with Gasteiger partial charge in [-0.05, 0) is 95.5 Å². The number of hydrogen-bond donors (Lipinski definition) is 0. The van der Waals surface area contributed by atoms with Crippen molar-refractivity contribution >= 4 is 45.0 Å². The molecule has 0 radical (unpaired) electrons. The summed E-state index contributed by atoms with van der Waals surface area (Å²) in [7, 11) is 0. The zero-order valence-corrected chi connectivity index (χ0v) is 22.5. The monoisotopic (exact) mass is 551 g/mol. The molecule has 4 rings (SSSR count). The highest BCUT2D eigenvalue weighted by molar-refractivity contribution is 9.10. The van der Waals surface area contributed by atoms with E-state index in [4.69, 9.17) is 28.2 Å². The third kappa shape index (κ3) is 5.58. The van der Waals surface area contributed by atoms with Crippen molar-refractivity contribution in [1.29, 1.82) is 0 Å². The molecule has 1 aliphatic carbocycles. The molecule has 7 heteroatoms. The van der Waals surface area contributed by atoms with Crippen molar-refractivity contribution in [2.24, 2.45) is 5.92 Å². The lowest BCUT2D eigenvalue weighted by atomic mass is 9.76. The number of benzene rings is 1. The van der Waals surface area contributed by atoms with Gasteiger partial charge in [0, 0.05) is 52.7 Å². The van der Waals surface area contributed by atoms with Crippen LogP contribution in [-0.2, 0) is 17.6 Å². The van der Waals surface area contributed by atoms with Gasteiger partial charge in [-0.25, -0.2) is 0 Å². The van der Waals surface area contributed by atoms with E-state index in [0.29, 0.717) is 17.4 Å². The summed E-state index contributed by atoms with van der Waals surface area (Å²) in [5, 5.41) is 1.42. The summed E-state index contributed by atoms with van der Waals surface area (Å²) in [6, 6.07) is 6.13. The van der Waals surface area contributed by atoms with E-state index in [2.05, 4.69) is 51.7 Å². The van der Waals surface area contributed by atoms with Crippen LogP contribution in [0, 0.1) is 5.92 Å². The van der Waals surface area contributed by atoms with Gasteiger partial charge in [-0.3, -0.25) is 9.78 Å². The highest BCUT2D eigenvalue weighted by atomic mass is 79.9. The maximum absolute atomic E-state index is 12.8. The summed E-state index contributed by atoms with van der Waals surface area (Å²) in [6.45, 7) is 8.69. The lowest BCUT2D eigenvalue weighted by Crippen LogP contribution is -2.41. The van der Waals surface area contributed by atoms with Gasteiger partial charge in [0.2, 0.25) is 5.91 Å². The molecule has 0 spiro atoms. The van der Waals surface area contributed by atoms with Crippen molar-refractivity contribution in [2.45, 2.75) is 51.9 Å². The number of amides is 1. The van der Waals surface area contributed by atoms with Gasteiger partial charge in [0.05, 0.1) is 5.69 Å². The average molecular weight is 553 g/mol. The summed E-state index contributed by atoms with van der Waals surface area (Å²) < 4.78 is 1.00. The van der Waals surface area contributed by atoms with Crippen LogP contribution in [0.2, 0.25) is 10.0 Å². The maximum Gasteiger partial charge on any atom is 0.223 e. The van der Waals surface area contributed by atoms with Crippen LogP contribution in [0.1, 0.15) is 61.4 Å². The fraction of sp³-hybridized carbons (Fsp3) is 0.538. The minimum atomic E-state index is 0.128. The van der Waals surface area contributed by atoms with E-state index in [1.54, 1.807) is 0 Å². The summed E-state index contributed by atoms with van der Waals surface area (Å²) in [5.41, 5.74) is 4.81. The van der Waals surface area contributed by atoms with Gasteiger partial charge in [-0.15, -0.1) is 0 Å². The Balaban J connectivity index is 1.56. The molecule has 0 N–H and O–H groups in total. The number of halogens is 3. The number of hydrogen-bond acceptors (Lipinski definition) is 3. The highest BCUT2D eigenvalue weighted by Crippen LogP contribution is 2.46. The van der Waals surface area contributed by atoms with Crippen molar-refractivity contribution in [1.82, 2.24) is 14.8 Å². The standard InChI is InChI=1S/C26H32BrCl2N3O/c1-3-31(4-2)10-9-23(33)32-11-7-17(8-12-32)25-24-18(14-21(28)15-22(24)29)5-6-19-13-20(27)16-30-26(19)25/h13-17,25H,3-12H2,1-2H3. The molecule has 1 fully saturated rings. The van der Waals surface area contributed by atoms with E-state index in [0.717, 1.165) is 73.6 Å². The fourth-order valence-electron chi connectivity index (χ4n) is 5.46. The quantitative estimate of drug-likeness (QED) is 0.419. The molecule has 2 heterocycles. The number of carbonyl (C=O) groups excluding carboxylic acids is 1. The van der Waals surface area contributed by atoms with E-state index in [1.807, 2.05) is 12.3 Å². The number of carbonyl (C=O) groups is 1. The third-order valence-corrected chi connectivity index (χ3v) is 8.28. The van der Waals surface area contributed by atoms with Crippen LogP contribution in [-0.4, -0.2) is 53.4 Å². The maximum atomic E-state index is 12.8. The molecule has 1 saturated heterocycles. The first kappa shape index (κ1) is 25.0. The Morgan fingerprint density at radius 2 is 1.82 bits per heavy atom. The first-order valence-electron chi connectivity index (χ1n) is 12.0. The molecule has 1 aliphatic heterocycles. The minimum absolute atomic E-state index is 0.128. The van der Waals surface area contributed by atoms with E-state index < -0.39 is 0 Å². The smallest absolute Gasteiger partial charge is 0.223 e. The Hall–Kier alpha value is -1.14. The van der Waals surface area contributed by atoms with Gasteiger partial charge in [-0.1, -0.05) is 37.0 Å². The van der Waals surface area contributed by atoms with Crippen molar-refractivity contribution in [3.63, 3.8) is 0 Å². The summed E-state index contributed by atoms with van der Waals surface area (Å²) in [5.74, 6) is 0.789. The molecule has 1 atom stereocenters. The van der Waals surface area contributed by atoms with Crippen LogP contribution in [0.4, 0.5) is 0 Å². The topological polar surface area (TPSA) is 36.4 Å². The number of nitrogens with zero attached hydrogens (tertiary/aromatic N) is 3. The average Bonchev–Trinajstić information content (AvgIpc) is 2.96. The zero-order chi connectivity index (χ0) is 23.5. The minimum Gasteiger partial charge on any atom is -0.343 e. The Labute approximate surface area is 215 Å². The van der Waals surface area contributed by atoms with Crippen LogP contribution < -0.4 is 0 Å². The molecule has 2 aromatic rings. The number of piperidine rings is 1. The SMILES string of the molecule is CCN(CC)CCC(=O)N1CCC(C2c3ncc(Br)cc3CCc3cc(Cl)cc(Cl)c32)CC1. The van der Waals surface area contributed by atoms with Crippen LogP contribution in [0.15, 0.2) is 28.9 Å². The predicted molar refractivity (Wildman–Crippen MR) is 139 cm³/mol. The first-order chi connectivity index (χ1) is 15.9. The Bertz CT molecular complexity index is 1000. The Kier molecular flexibility index (Phi) is 8.37. The van der Waals surface area contributed by atoms with Gasteiger partial charge in [0.1, 0.15) is 0 Å². The summed E-state index contributed by atoms with van der Waals surface area (Å²) >= 11 is 16.8. The van der Waals surface area contributed by atoms with Gasteiger partial charge < -0.3 is 9.80 Å². The molecule has 0 saturated carbocycles. The molecule has 178 valence electrons. The second-order valence-electron chi connectivity index (χ2n) is 9.13. The van der Waals surface area contributed by atoms with E-state index in [9.17, 15) is 4.79 Å². The van der Waals surface area contributed by atoms with Crippen molar-refractivity contribution < 1.29 is 4.79 Å². The van der Waals surface area contributed by atoms with Crippen LogP contribution >= 0.6 is 39.1 Å². The van der Waals surface area contributed by atoms with Crippen molar-refractivity contribution in [3.8, 4) is 0 Å². The third-order valence-electron chi connectivity index (χ3n) is 7.32. The summed E-state index contributed by atoms with van der Waals surface area (Å²) in [6.07, 6.45) is 6.23. The Morgan fingerprint density at radius 1 is 1.12 bits per heavy atom. The molecule has 0 bridgehead atoms. The number of likely N-dealkylation sites (tertiary alicyclic amines) is 1. The number of aryl methyl sites for hydroxylation is 2. The molecular formula is C26H32BrCl2N3O. The van der Waals surface area contributed by atoms with E-state index >= 15 is 0 Å². The summed E-state index contributed by atoms with van der Waals surface area (Å²) in [4.78, 5) is 22.1. The number of fused-ring (bicyclic) bond motifs is 2. The molecule has 1 unspecified atom stereocenters. The predicted octanol–water partition coefficient (Wildman–Crippen LogP) is 6.35. The van der Waals surface area contributed by atoms with Gasteiger partial charge in [0.25, 0.3) is 0 Å². The van der Waals surface area contributed by atoms with Crippen molar-refractivity contribution in [2.75, 3.05) is 32.7 Å². The number of aromatic nitrogens is 1. The lowest BCUT2D eigenvalue weighted by Gasteiger charge is -2.37. The number of rotatable bonds is 6. The second-order valence-corrected chi connectivity index (χ2v) is 10.9.